The van der Waals surface area contributed by atoms with Crippen LogP contribution >= 0.6 is 0 Å². The molecule has 88 valence electrons. The van der Waals surface area contributed by atoms with Crippen LogP contribution in [0.25, 0.3) is 0 Å². The van der Waals surface area contributed by atoms with Gasteiger partial charge in [-0.25, -0.2) is 4.79 Å². The van der Waals surface area contributed by atoms with Crippen molar-refractivity contribution in [1.82, 2.24) is 0 Å². The van der Waals surface area contributed by atoms with E-state index in [1.165, 1.54) is 0 Å². The van der Waals surface area contributed by atoms with Crippen LogP contribution in [0.15, 0.2) is 0 Å². The zero-order valence-corrected chi connectivity index (χ0v) is 9.60. The Hall–Kier alpha value is -0.610. The average Bonchev–Trinajstić information content (AvgIpc) is 2.12. The summed E-state index contributed by atoms with van der Waals surface area (Å²) in [6.45, 7) is 5.81. The smallest absolute Gasteiger partial charge is 0.332 e. The Morgan fingerprint density at radius 3 is 2.40 bits per heavy atom. The number of carboxylic acid groups (broad SMARTS) is 1. The van der Waals surface area contributed by atoms with E-state index in [-0.39, 0.29) is 18.3 Å². The molecule has 0 aromatic rings. The number of hydrogen-bond donors (Lipinski definition) is 1. The molecule has 1 aliphatic heterocycles. The number of hydrogen-bond acceptors (Lipinski definition) is 3. The summed E-state index contributed by atoms with van der Waals surface area (Å²) < 4.78 is 11.1. The van der Waals surface area contributed by atoms with Gasteiger partial charge in [-0.1, -0.05) is 6.92 Å². The van der Waals surface area contributed by atoms with E-state index in [4.69, 9.17) is 14.6 Å². The SMILES string of the molecule is CCC(OC1CC(C)OC(C)C1)C(=O)O. The molecule has 15 heavy (non-hydrogen) atoms. The largest absolute Gasteiger partial charge is 0.479 e. The summed E-state index contributed by atoms with van der Waals surface area (Å²) in [7, 11) is 0. The number of carbonyl (C=O) groups is 1. The van der Waals surface area contributed by atoms with E-state index in [1.54, 1.807) is 0 Å². The predicted octanol–water partition coefficient (Wildman–Crippen LogP) is 1.82. The molecule has 0 aliphatic carbocycles. The summed E-state index contributed by atoms with van der Waals surface area (Å²) in [6.07, 6.45) is 1.74. The highest BCUT2D eigenvalue weighted by molar-refractivity contribution is 5.72. The summed E-state index contributed by atoms with van der Waals surface area (Å²) in [6, 6.07) is 0. The van der Waals surface area contributed by atoms with Crippen molar-refractivity contribution in [1.29, 1.82) is 0 Å². The molecular formula is C11H20O4. The Morgan fingerprint density at radius 2 is 2.00 bits per heavy atom. The van der Waals surface area contributed by atoms with E-state index >= 15 is 0 Å². The van der Waals surface area contributed by atoms with E-state index in [2.05, 4.69) is 0 Å². The van der Waals surface area contributed by atoms with Crippen molar-refractivity contribution in [3.8, 4) is 0 Å². The van der Waals surface area contributed by atoms with Gasteiger partial charge < -0.3 is 14.6 Å². The quantitative estimate of drug-likeness (QED) is 0.778. The number of ether oxygens (including phenoxy) is 2. The first-order chi connectivity index (χ1) is 7.02. The highest BCUT2D eigenvalue weighted by Crippen LogP contribution is 2.23. The molecule has 1 aliphatic rings. The second-order valence-electron chi connectivity index (χ2n) is 4.22. The monoisotopic (exact) mass is 216 g/mol. The van der Waals surface area contributed by atoms with Gasteiger partial charge in [-0.2, -0.15) is 0 Å². The standard InChI is InChI=1S/C11H20O4/c1-4-10(11(12)13)15-9-5-7(2)14-8(3)6-9/h7-10H,4-6H2,1-3H3,(H,12,13). The lowest BCUT2D eigenvalue weighted by Gasteiger charge is -2.33. The molecule has 0 aromatic carbocycles. The van der Waals surface area contributed by atoms with Gasteiger partial charge in [0.25, 0.3) is 0 Å². The fourth-order valence-electron chi connectivity index (χ4n) is 2.02. The predicted molar refractivity (Wildman–Crippen MR) is 55.8 cm³/mol. The highest BCUT2D eigenvalue weighted by atomic mass is 16.5. The molecular weight excluding hydrogens is 196 g/mol. The Kier molecular flexibility index (Phi) is 4.54. The van der Waals surface area contributed by atoms with Crippen LogP contribution in [0.1, 0.15) is 40.0 Å². The molecule has 0 amide bonds. The highest BCUT2D eigenvalue weighted by Gasteiger charge is 2.28. The number of aliphatic carboxylic acids is 1. The first-order valence-corrected chi connectivity index (χ1v) is 5.56. The first-order valence-electron chi connectivity index (χ1n) is 5.56. The van der Waals surface area contributed by atoms with Crippen molar-refractivity contribution in [3.63, 3.8) is 0 Å². The minimum absolute atomic E-state index is 0.0183. The molecule has 0 spiro atoms. The Morgan fingerprint density at radius 1 is 1.47 bits per heavy atom. The van der Waals surface area contributed by atoms with Gasteiger partial charge in [-0.3, -0.25) is 0 Å². The molecule has 0 aromatic heterocycles. The second kappa shape index (κ2) is 5.47. The van der Waals surface area contributed by atoms with Crippen LogP contribution < -0.4 is 0 Å². The molecule has 4 heteroatoms. The molecule has 4 nitrogen and oxygen atoms in total. The third-order valence-corrected chi connectivity index (χ3v) is 2.66. The Bertz CT molecular complexity index is 207. The Balaban J connectivity index is 2.45. The molecule has 0 saturated carbocycles. The molecule has 1 fully saturated rings. The van der Waals surface area contributed by atoms with Gasteiger partial charge in [0.2, 0.25) is 0 Å². The molecule has 1 heterocycles. The van der Waals surface area contributed by atoms with Crippen molar-refractivity contribution in [2.45, 2.75) is 64.4 Å². The zero-order chi connectivity index (χ0) is 11.4. The third kappa shape index (κ3) is 3.80. The van der Waals surface area contributed by atoms with Crippen LogP contribution in [0, 0.1) is 0 Å². The van der Waals surface area contributed by atoms with Crippen molar-refractivity contribution in [2.75, 3.05) is 0 Å². The van der Waals surface area contributed by atoms with Crippen LogP contribution in [0.5, 0.6) is 0 Å². The molecule has 1 rings (SSSR count). The molecule has 3 unspecified atom stereocenters. The normalized spacial score (nSPS) is 33.7. The van der Waals surface area contributed by atoms with Gasteiger partial charge in [0.15, 0.2) is 6.10 Å². The van der Waals surface area contributed by atoms with Gasteiger partial charge in [-0.15, -0.1) is 0 Å². The van der Waals surface area contributed by atoms with Crippen LogP contribution in [-0.2, 0) is 14.3 Å². The molecule has 0 radical (unpaired) electrons. The lowest BCUT2D eigenvalue weighted by molar-refractivity contribution is -0.164. The molecule has 0 bridgehead atoms. The zero-order valence-electron chi connectivity index (χ0n) is 9.60. The van der Waals surface area contributed by atoms with Crippen LogP contribution in [0.2, 0.25) is 0 Å². The van der Waals surface area contributed by atoms with E-state index in [9.17, 15) is 4.79 Å². The number of carboxylic acids is 1. The molecule has 3 atom stereocenters. The van der Waals surface area contributed by atoms with Crippen molar-refractivity contribution in [3.05, 3.63) is 0 Å². The van der Waals surface area contributed by atoms with Crippen LogP contribution in [0.4, 0.5) is 0 Å². The number of rotatable bonds is 4. The molecule has 1 saturated heterocycles. The van der Waals surface area contributed by atoms with Gasteiger partial charge in [0.1, 0.15) is 0 Å². The van der Waals surface area contributed by atoms with Gasteiger partial charge >= 0.3 is 5.97 Å². The van der Waals surface area contributed by atoms with Crippen LogP contribution in [-0.4, -0.2) is 35.5 Å². The molecule has 1 N–H and O–H groups in total. The van der Waals surface area contributed by atoms with E-state index in [0.717, 1.165) is 12.8 Å². The topological polar surface area (TPSA) is 55.8 Å². The fraction of sp³-hybridized carbons (Fsp3) is 0.909. The summed E-state index contributed by atoms with van der Waals surface area (Å²) in [5, 5.41) is 8.88. The van der Waals surface area contributed by atoms with Crippen molar-refractivity contribution < 1.29 is 19.4 Å². The lowest BCUT2D eigenvalue weighted by Crippen LogP contribution is -2.38. The van der Waals surface area contributed by atoms with E-state index in [1.807, 2.05) is 20.8 Å². The maximum atomic E-state index is 10.8. The second-order valence-corrected chi connectivity index (χ2v) is 4.22. The summed E-state index contributed by atoms with van der Waals surface area (Å²) in [5.74, 6) is -0.871. The van der Waals surface area contributed by atoms with E-state index < -0.39 is 12.1 Å². The fourth-order valence-corrected chi connectivity index (χ4v) is 2.02. The lowest BCUT2D eigenvalue weighted by atomic mass is 10.0. The first kappa shape index (κ1) is 12.5. The minimum Gasteiger partial charge on any atom is -0.479 e. The Labute approximate surface area is 90.6 Å². The summed E-state index contributed by atoms with van der Waals surface area (Å²) in [5.41, 5.74) is 0. The van der Waals surface area contributed by atoms with Gasteiger partial charge in [0, 0.05) is 0 Å². The summed E-state index contributed by atoms with van der Waals surface area (Å²) in [4.78, 5) is 10.8. The summed E-state index contributed by atoms with van der Waals surface area (Å²) >= 11 is 0. The van der Waals surface area contributed by atoms with Crippen molar-refractivity contribution in [2.24, 2.45) is 0 Å². The van der Waals surface area contributed by atoms with Crippen molar-refractivity contribution >= 4 is 5.97 Å². The third-order valence-electron chi connectivity index (χ3n) is 2.66. The maximum absolute atomic E-state index is 10.8. The van der Waals surface area contributed by atoms with Crippen LogP contribution in [0.3, 0.4) is 0 Å². The minimum atomic E-state index is -0.871. The maximum Gasteiger partial charge on any atom is 0.332 e. The van der Waals surface area contributed by atoms with Gasteiger partial charge in [-0.05, 0) is 33.1 Å². The van der Waals surface area contributed by atoms with Gasteiger partial charge in [0.05, 0.1) is 18.3 Å². The van der Waals surface area contributed by atoms with E-state index in [0.29, 0.717) is 6.42 Å². The average molecular weight is 216 g/mol.